The van der Waals surface area contributed by atoms with E-state index in [2.05, 4.69) is 4.72 Å². The van der Waals surface area contributed by atoms with Crippen molar-refractivity contribution in [2.75, 3.05) is 0 Å². The van der Waals surface area contributed by atoms with Gasteiger partial charge >= 0.3 is 0 Å². The second-order valence-electron chi connectivity index (χ2n) is 7.90. The Morgan fingerprint density at radius 3 is 2.65 bits per heavy atom. The number of fused-ring (bicyclic) bond motifs is 3. The second-order valence-corrected chi connectivity index (χ2v) is 9.61. The van der Waals surface area contributed by atoms with E-state index in [4.69, 9.17) is 9.62 Å². The van der Waals surface area contributed by atoms with Crippen molar-refractivity contribution in [2.24, 2.45) is 0 Å². The van der Waals surface area contributed by atoms with Crippen molar-refractivity contribution in [1.29, 1.82) is 0 Å². The zero-order chi connectivity index (χ0) is 21.8. The Kier molecular flexibility index (Phi) is 6.41. The number of nitrogens with one attached hydrogen (secondary N) is 2. The van der Waals surface area contributed by atoms with Crippen LogP contribution in [0, 0.1) is 0 Å². The summed E-state index contributed by atoms with van der Waals surface area (Å²) in [7, 11) is -3.98. The number of rotatable bonds is 8. The zero-order valence-electron chi connectivity index (χ0n) is 17.1. The van der Waals surface area contributed by atoms with E-state index >= 15 is 0 Å². The van der Waals surface area contributed by atoms with Gasteiger partial charge in [0.2, 0.25) is 10.0 Å². The summed E-state index contributed by atoms with van der Waals surface area (Å²) in [5, 5.41) is 10.0. The van der Waals surface area contributed by atoms with Crippen molar-refractivity contribution in [2.45, 2.75) is 55.9 Å². The molecule has 0 unspecified atom stereocenters. The first-order chi connectivity index (χ1) is 15.0. The van der Waals surface area contributed by atoms with E-state index in [1.807, 2.05) is 30.3 Å². The molecule has 7 nitrogen and oxygen atoms in total. The number of amides is 1. The Bertz CT molecular complexity index is 1170. The van der Waals surface area contributed by atoms with E-state index in [1.54, 1.807) is 11.5 Å². The third-order valence-corrected chi connectivity index (χ3v) is 7.23. The first kappa shape index (κ1) is 21.5. The lowest BCUT2D eigenvalue weighted by Crippen LogP contribution is -2.45. The predicted octanol–water partition coefficient (Wildman–Crippen LogP) is 3.49. The van der Waals surface area contributed by atoms with Crippen LogP contribution in [0.3, 0.4) is 0 Å². The average molecular weight is 443 g/mol. The number of sulfonamides is 1. The summed E-state index contributed by atoms with van der Waals surface area (Å²) in [5.74, 6) is 0.147. The van der Waals surface area contributed by atoms with Gasteiger partial charge in [0.25, 0.3) is 5.91 Å². The lowest BCUT2D eigenvalue weighted by Gasteiger charge is -2.17. The predicted molar refractivity (Wildman–Crippen MR) is 116 cm³/mol. The van der Waals surface area contributed by atoms with Gasteiger partial charge in [-0.2, -0.15) is 4.72 Å². The van der Waals surface area contributed by atoms with Crippen LogP contribution in [0.1, 0.15) is 42.6 Å². The normalized spacial score (nSPS) is 14.9. The van der Waals surface area contributed by atoms with E-state index < -0.39 is 22.0 Å². The smallest absolute Gasteiger partial charge is 0.261 e. The van der Waals surface area contributed by atoms with Gasteiger partial charge in [0, 0.05) is 23.4 Å². The van der Waals surface area contributed by atoms with Crippen molar-refractivity contribution in [3.05, 3.63) is 65.4 Å². The molecule has 0 bridgehead atoms. The minimum atomic E-state index is -3.98. The molecule has 1 aromatic heterocycles. The molecule has 4 rings (SSSR count). The SMILES string of the molecule is O=C(NO)[C@H](CCCc1ccccc1)NS(=O)(=O)c1ccc2c3c(oc2c1)CCCC3. The summed E-state index contributed by atoms with van der Waals surface area (Å²) < 4.78 is 34.3. The summed E-state index contributed by atoms with van der Waals surface area (Å²) in [6, 6.07) is 13.5. The number of hydrogen-bond acceptors (Lipinski definition) is 5. The molecule has 3 aromatic rings. The number of carbonyl (C=O) groups excluding carboxylic acids is 1. The van der Waals surface area contributed by atoms with Crippen LogP contribution in [-0.4, -0.2) is 25.6 Å². The minimum Gasteiger partial charge on any atom is -0.461 e. The molecule has 1 atom stereocenters. The Labute approximate surface area is 181 Å². The maximum atomic E-state index is 13.0. The Hall–Kier alpha value is -2.68. The highest BCUT2D eigenvalue weighted by atomic mass is 32.2. The van der Waals surface area contributed by atoms with Crippen molar-refractivity contribution >= 4 is 26.9 Å². The average Bonchev–Trinajstić information content (AvgIpc) is 3.16. The summed E-state index contributed by atoms with van der Waals surface area (Å²) in [5.41, 5.74) is 4.37. The van der Waals surface area contributed by atoms with E-state index in [0.29, 0.717) is 18.4 Å². The van der Waals surface area contributed by atoms with Crippen LogP contribution < -0.4 is 10.2 Å². The lowest BCUT2D eigenvalue weighted by molar-refractivity contribution is -0.131. The molecule has 31 heavy (non-hydrogen) atoms. The van der Waals surface area contributed by atoms with Crippen molar-refractivity contribution in [3.63, 3.8) is 0 Å². The molecule has 1 amide bonds. The summed E-state index contributed by atoms with van der Waals surface area (Å²) in [6.45, 7) is 0. The minimum absolute atomic E-state index is 0.0323. The van der Waals surface area contributed by atoms with Gasteiger partial charge in [-0.25, -0.2) is 13.9 Å². The molecule has 1 heterocycles. The van der Waals surface area contributed by atoms with E-state index in [0.717, 1.165) is 48.0 Å². The number of benzene rings is 2. The Morgan fingerprint density at radius 1 is 1.10 bits per heavy atom. The number of furan rings is 1. The first-order valence-electron chi connectivity index (χ1n) is 10.5. The Balaban J connectivity index is 1.50. The topological polar surface area (TPSA) is 109 Å². The number of carbonyl (C=O) groups is 1. The molecule has 3 N–H and O–H groups in total. The number of hydroxylamine groups is 1. The van der Waals surface area contributed by atoms with Crippen LogP contribution in [0.15, 0.2) is 57.8 Å². The number of aryl methyl sites for hydroxylation is 3. The largest absolute Gasteiger partial charge is 0.461 e. The summed E-state index contributed by atoms with van der Waals surface area (Å²) in [6.07, 6.45) is 5.50. The van der Waals surface area contributed by atoms with Crippen LogP contribution in [-0.2, 0) is 34.1 Å². The fraction of sp³-hybridized carbons (Fsp3) is 0.348. The fourth-order valence-electron chi connectivity index (χ4n) is 4.14. The Morgan fingerprint density at radius 2 is 1.87 bits per heavy atom. The molecule has 8 heteroatoms. The van der Waals surface area contributed by atoms with Gasteiger partial charge in [-0.15, -0.1) is 0 Å². The van der Waals surface area contributed by atoms with Crippen LogP contribution >= 0.6 is 0 Å². The van der Waals surface area contributed by atoms with Crippen molar-refractivity contribution < 1.29 is 22.8 Å². The van der Waals surface area contributed by atoms with Crippen molar-refractivity contribution in [1.82, 2.24) is 10.2 Å². The highest BCUT2D eigenvalue weighted by Crippen LogP contribution is 2.33. The quantitative estimate of drug-likeness (QED) is 0.366. The molecule has 164 valence electrons. The maximum Gasteiger partial charge on any atom is 0.261 e. The van der Waals surface area contributed by atoms with Gasteiger partial charge in [-0.05, 0) is 56.2 Å². The first-order valence-corrected chi connectivity index (χ1v) is 12.0. The van der Waals surface area contributed by atoms with Gasteiger partial charge in [-0.1, -0.05) is 30.3 Å². The fourth-order valence-corrected chi connectivity index (χ4v) is 5.39. The molecule has 2 aromatic carbocycles. The summed E-state index contributed by atoms with van der Waals surface area (Å²) in [4.78, 5) is 12.1. The molecular formula is C23H26N2O5S. The van der Waals surface area contributed by atoms with E-state index in [-0.39, 0.29) is 11.3 Å². The third kappa shape index (κ3) is 4.81. The molecule has 1 aliphatic rings. The molecule has 0 spiro atoms. The molecular weight excluding hydrogens is 416 g/mol. The van der Waals surface area contributed by atoms with Gasteiger partial charge in [0.15, 0.2) is 0 Å². The van der Waals surface area contributed by atoms with Crippen LogP contribution in [0.2, 0.25) is 0 Å². The molecule has 1 aliphatic carbocycles. The monoisotopic (exact) mass is 442 g/mol. The van der Waals surface area contributed by atoms with E-state index in [1.165, 1.54) is 12.1 Å². The van der Waals surface area contributed by atoms with Gasteiger partial charge in [-0.3, -0.25) is 10.0 Å². The summed E-state index contributed by atoms with van der Waals surface area (Å²) >= 11 is 0. The third-order valence-electron chi connectivity index (χ3n) is 5.76. The maximum absolute atomic E-state index is 13.0. The highest BCUT2D eigenvalue weighted by molar-refractivity contribution is 7.89. The second kappa shape index (κ2) is 9.21. The molecule has 0 saturated heterocycles. The van der Waals surface area contributed by atoms with Crippen LogP contribution in [0.4, 0.5) is 0 Å². The molecule has 0 saturated carbocycles. The van der Waals surface area contributed by atoms with E-state index in [9.17, 15) is 13.2 Å². The van der Waals surface area contributed by atoms with Crippen LogP contribution in [0.25, 0.3) is 11.0 Å². The molecule has 0 radical (unpaired) electrons. The molecule has 0 aliphatic heterocycles. The van der Waals surface area contributed by atoms with Crippen molar-refractivity contribution in [3.8, 4) is 0 Å². The highest BCUT2D eigenvalue weighted by Gasteiger charge is 2.26. The van der Waals surface area contributed by atoms with Gasteiger partial charge in [0.05, 0.1) is 4.90 Å². The van der Waals surface area contributed by atoms with Crippen LogP contribution in [0.5, 0.6) is 0 Å². The molecule has 0 fully saturated rings. The lowest BCUT2D eigenvalue weighted by atomic mass is 9.96. The standard InChI is InChI=1S/C23H26N2O5S/c26-23(24-27)20(11-6-9-16-7-2-1-3-8-16)25-31(28,29)17-13-14-19-18-10-4-5-12-21(18)30-22(19)15-17/h1-3,7-8,13-15,20,25,27H,4-6,9-12H2,(H,24,26)/t20-/m0/s1. The van der Waals surface area contributed by atoms with Gasteiger partial charge < -0.3 is 4.42 Å². The zero-order valence-corrected chi connectivity index (χ0v) is 18.0. The number of hydrogen-bond donors (Lipinski definition) is 3. The van der Waals surface area contributed by atoms with Gasteiger partial charge in [0.1, 0.15) is 17.4 Å².